The van der Waals surface area contributed by atoms with Gasteiger partial charge < -0.3 is 19.5 Å². The first-order valence-electron chi connectivity index (χ1n) is 8.68. The SMILES string of the molecule is COc1cc(OC)cc(C2(O)CCN(c3nc4ccccc4s3)CC2)c1. The standard InChI is InChI=1S/C20H22N2O3S/c1-24-15-11-14(12-16(13-15)25-2)20(23)7-9-22(10-8-20)19-21-17-5-3-4-6-18(17)26-19/h3-6,11-13,23H,7-10H2,1-2H3. The summed E-state index contributed by atoms with van der Waals surface area (Å²) in [5.74, 6) is 1.39. The molecule has 0 saturated carbocycles. The van der Waals surface area contributed by atoms with Crippen LogP contribution in [-0.2, 0) is 5.60 Å². The molecule has 1 saturated heterocycles. The van der Waals surface area contributed by atoms with E-state index in [1.807, 2.05) is 36.4 Å². The van der Waals surface area contributed by atoms with Crippen LogP contribution in [-0.4, -0.2) is 37.4 Å². The first-order valence-corrected chi connectivity index (χ1v) is 9.49. The van der Waals surface area contributed by atoms with Gasteiger partial charge in [0.05, 0.1) is 30.0 Å². The fourth-order valence-corrected chi connectivity index (χ4v) is 4.45. The molecule has 0 unspecified atom stereocenters. The van der Waals surface area contributed by atoms with E-state index in [1.165, 1.54) is 4.70 Å². The third-order valence-corrected chi connectivity index (χ3v) is 6.13. The molecule has 4 rings (SSSR count). The lowest BCUT2D eigenvalue weighted by atomic mass is 9.84. The van der Waals surface area contributed by atoms with Gasteiger partial charge >= 0.3 is 0 Å². The second kappa shape index (κ2) is 6.78. The Morgan fingerprint density at radius 2 is 1.69 bits per heavy atom. The number of nitrogens with zero attached hydrogens (tertiary/aromatic N) is 2. The van der Waals surface area contributed by atoms with Crippen molar-refractivity contribution in [3.8, 4) is 11.5 Å². The molecular weight excluding hydrogens is 348 g/mol. The van der Waals surface area contributed by atoms with Crippen LogP contribution in [0, 0.1) is 0 Å². The van der Waals surface area contributed by atoms with Crippen molar-refractivity contribution in [2.75, 3.05) is 32.2 Å². The summed E-state index contributed by atoms with van der Waals surface area (Å²) >= 11 is 1.71. The second-order valence-corrected chi connectivity index (χ2v) is 7.59. The monoisotopic (exact) mass is 370 g/mol. The van der Waals surface area contributed by atoms with Crippen LogP contribution >= 0.6 is 11.3 Å². The van der Waals surface area contributed by atoms with Gasteiger partial charge in [-0.3, -0.25) is 0 Å². The molecule has 6 heteroatoms. The predicted molar refractivity (Wildman–Crippen MR) is 105 cm³/mol. The number of fused-ring (bicyclic) bond motifs is 1. The van der Waals surface area contributed by atoms with E-state index in [2.05, 4.69) is 11.0 Å². The maximum absolute atomic E-state index is 11.2. The number of hydrogen-bond donors (Lipinski definition) is 1. The molecule has 1 fully saturated rings. The van der Waals surface area contributed by atoms with Crippen LogP contribution in [0.25, 0.3) is 10.2 Å². The Morgan fingerprint density at radius 1 is 1.04 bits per heavy atom. The van der Waals surface area contributed by atoms with Crippen LogP contribution in [0.4, 0.5) is 5.13 Å². The summed E-state index contributed by atoms with van der Waals surface area (Å²) in [5, 5.41) is 12.3. The first kappa shape index (κ1) is 17.1. The van der Waals surface area contributed by atoms with E-state index in [1.54, 1.807) is 25.6 Å². The molecule has 2 aromatic carbocycles. The minimum absolute atomic E-state index is 0.638. The molecule has 0 atom stereocenters. The summed E-state index contributed by atoms with van der Waals surface area (Å²) in [6.07, 6.45) is 1.28. The highest BCUT2D eigenvalue weighted by Gasteiger charge is 2.35. The third-order valence-electron chi connectivity index (χ3n) is 5.03. The van der Waals surface area contributed by atoms with E-state index in [4.69, 9.17) is 14.5 Å². The molecule has 0 amide bonds. The van der Waals surface area contributed by atoms with Crippen molar-refractivity contribution < 1.29 is 14.6 Å². The molecule has 5 nitrogen and oxygen atoms in total. The molecule has 0 bridgehead atoms. The Kier molecular flexibility index (Phi) is 4.46. The normalized spacial score (nSPS) is 16.7. The summed E-state index contributed by atoms with van der Waals surface area (Å²) < 4.78 is 11.9. The molecule has 1 N–H and O–H groups in total. The van der Waals surface area contributed by atoms with Gasteiger partial charge in [0.25, 0.3) is 0 Å². The van der Waals surface area contributed by atoms with Crippen molar-refractivity contribution in [1.82, 2.24) is 4.98 Å². The molecule has 2 heterocycles. The van der Waals surface area contributed by atoms with Gasteiger partial charge in [0.15, 0.2) is 5.13 Å². The first-order chi connectivity index (χ1) is 12.6. The zero-order valence-corrected chi connectivity index (χ0v) is 15.8. The number of benzene rings is 2. The molecule has 1 aliphatic rings. The number of thiazole rings is 1. The minimum atomic E-state index is -0.880. The number of ether oxygens (including phenoxy) is 2. The van der Waals surface area contributed by atoms with E-state index in [0.717, 1.165) is 29.3 Å². The molecule has 0 radical (unpaired) electrons. The second-order valence-electron chi connectivity index (χ2n) is 6.58. The molecular formula is C20H22N2O3S. The Hall–Kier alpha value is -2.31. The fraction of sp³-hybridized carbons (Fsp3) is 0.350. The van der Waals surface area contributed by atoms with E-state index in [0.29, 0.717) is 24.3 Å². The van der Waals surface area contributed by atoms with Gasteiger partial charge in [-0.05, 0) is 42.7 Å². The number of para-hydroxylation sites is 1. The number of piperidine rings is 1. The number of hydrogen-bond acceptors (Lipinski definition) is 6. The van der Waals surface area contributed by atoms with Crippen LogP contribution < -0.4 is 14.4 Å². The summed E-state index contributed by atoms with van der Waals surface area (Å²) in [6.45, 7) is 1.52. The fourth-order valence-electron chi connectivity index (χ4n) is 3.43. The zero-order valence-electron chi connectivity index (χ0n) is 14.9. The Bertz CT molecular complexity index is 861. The highest BCUT2D eigenvalue weighted by molar-refractivity contribution is 7.22. The third kappa shape index (κ3) is 3.10. The van der Waals surface area contributed by atoms with Crippen molar-refractivity contribution in [3.05, 3.63) is 48.0 Å². The van der Waals surface area contributed by atoms with Crippen LogP contribution in [0.3, 0.4) is 0 Å². The van der Waals surface area contributed by atoms with Crippen LogP contribution in [0.2, 0.25) is 0 Å². The summed E-state index contributed by atoms with van der Waals surface area (Å²) in [7, 11) is 3.25. The average Bonchev–Trinajstić information content (AvgIpc) is 3.12. The van der Waals surface area contributed by atoms with Gasteiger partial charge in [0, 0.05) is 19.2 Å². The Morgan fingerprint density at radius 3 is 2.31 bits per heavy atom. The quantitative estimate of drug-likeness (QED) is 0.757. The maximum atomic E-state index is 11.2. The van der Waals surface area contributed by atoms with Gasteiger partial charge in [0.1, 0.15) is 11.5 Å². The van der Waals surface area contributed by atoms with Crippen molar-refractivity contribution in [2.45, 2.75) is 18.4 Å². The summed E-state index contributed by atoms with van der Waals surface area (Å²) in [4.78, 5) is 6.99. The average molecular weight is 370 g/mol. The van der Waals surface area contributed by atoms with Gasteiger partial charge in [0.2, 0.25) is 0 Å². The smallest absolute Gasteiger partial charge is 0.186 e. The number of aliphatic hydroxyl groups is 1. The van der Waals surface area contributed by atoms with Crippen LogP contribution in [0.15, 0.2) is 42.5 Å². The highest BCUT2D eigenvalue weighted by atomic mass is 32.1. The minimum Gasteiger partial charge on any atom is -0.497 e. The zero-order chi connectivity index (χ0) is 18.1. The van der Waals surface area contributed by atoms with Crippen molar-refractivity contribution in [3.63, 3.8) is 0 Å². The lowest BCUT2D eigenvalue weighted by Gasteiger charge is -2.38. The molecule has 1 aliphatic heterocycles. The largest absolute Gasteiger partial charge is 0.497 e. The summed E-state index contributed by atoms with van der Waals surface area (Å²) in [5.41, 5.74) is 0.998. The van der Waals surface area contributed by atoms with E-state index in [9.17, 15) is 5.11 Å². The number of rotatable bonds is 4. The number of anilines is 1. The number of aromatic nitrogens is 1. The molecule has 0 spiro atoms. The van der Waals surface area contributed by atoms with Crippen LogP contribution in [0.5, 0.6) is 11.5 Å². The van der Waals surface area contributed by atoms with E-state index in [-0.39, 0.29) is 0 Å². The number of methoxy groups -OCH3 is 2. The van der Waals surface area contributed by atoms with E-state index < -0.39 is 5.60 Å². The molecule has 3 aromatic rings. The maximum Gasteiger partial charge on any atom is 0.186 e. The van der Waals surface area contributed by atoms with Gasteiger partial charge in [-0.15, -0.1) is 0 Å². The molecule has 0 aliphatic carbocycles. The molecule has 26 heavy (non-hydrogen) atoms. The molecule has 136 valence electrons. The van der Waals surface area contributed by atoms with Gasteiger partial charge in [-0.2, -0.15) is 0 Å². The van der Waals surface area contributed by atoms with Crippen LogP contribution in [0.1, 0.15) is 18.4 Å². The van der Waals surface area contributed by atoms with Crippen molar-refractivity contribution in [2.24, 2.45) is 0 Å². The lowest BCUT2D eigenvalue weighted by molar-refractivity contribution is 0.0114. The highest BCUT2D eigenvalue weighted by Crippen LogP contribution is 2.39. The lowest BCUT2D eigenvalue weighted by Crippen LogP contribution is -2.42. The van der Waals surface area contributed by atoms with Gasteiger partial charge in [-0.25, -0.2) is 4.98 Å². The Balaban J connectivity index is 1.55. The van der Waals surface area contributed by atoms with Gasteiger partial charge in [-0.1, -0.05) is 23.5 Å². The topological polar surface area (TPSA) is 54.8 Å². The Labute approximate surface area is 156 Å². The van der Waals surface area contributed by atoms with Crippen molar-refractivity contribution in [1.29, 1.82) is 0 Å². The van der Waals surface area contributed by atoms with E-state index >= 15 is 0 Å². The van der Waals surface area contributed by atoms with Crippen molar-refractivity contribution >= 4 is 26.7 Å². The predicted octanol–water partition coefficient (Wildman–Crippen LogP) is 3.80. The summed E-state index contributed by atoms with van der Waals surface area (Å²) in [6, 6.07) is 13.8. The molecule has 1 aromatic heterocycles.